The number of halogens is 1. The van der Waals surface area contributed by atoms with Gasteiger partial charge in [0.15, 0.2) is 5.82 Å². The fourth-order valence-corrected chi connectivity index (χ4v) is 7.11. The summed E-state index contributed by atoms with van der Waals surface area (Å²) in [7, 11) is -1.94. The molecule has 0 amide bonds. The molecule has 1 aliphatic heterocycles. The van der Waals surface area contributed by atoms with Crippen LogP contribution in [-0.4, -0.2) is 62.6 Å². The second-order valence-corrected chi connectivity index (χ2v) is 14.4. The Hall–Kier alpha value is -2.82. The Bertz CT molecular complexity index is 1210. The monoisotopic (exact) mass is 579 g/mol. The Morgan fingerprint density at radius 1 is 1.25 bits per heavy atom. The highest BCUT2D eigenvalue weighted by Gasteiger charge is 2.52. The Morgan fingerprint density at radius 3 is 2.50 bits per heavy atom. The molecule has 0 spiro atoms. The molecule has 0 aliphatic carbocycles. The lowest BCUT2D eigenvalue weighted by atomic mass is 9.98. The predicted octanol–water partition coefficient (Wildman–Crippen LogP) is 2.79. The second kappa shape index (κ2) is 11.5. The van der Waals surface area contributed by atoms with Crippen LogP contribution in [0.25, 0.3) is 5.82 Å². The molecule has 2 aromatic heterocycles. The summed E-state index contributed by atoms with van der Waals surface area (Å²) < 4.78 is 20.4. The zero-order chi connectivity index (χ0) is 26.5. The highest BCUT2D eigenvalue weighted by molar-refractivity contribution is 9.10. The average molecular weight is 581 g/mol. The summed E-state index contributed by atoms with van der Waals surface area (Å²) in [5.74, 6) is 2.44. The minimum absolute atomic E-state index is 0.116. The van der Waals surface area contributed by atoms with Gasteiger partial charge < -0.3 is 14.2 Å². The van der Waals surface area contributed by atoms with Crippen LogP contribution in [0, 0.1) is 11.5 Å². The number of hydrogen-bond acceptors (Lipinski definition) is 9. The van der Waals surface area contributed by atoms with Crippen LogP contribution in [0.2, 0.25) is 18.1 Å². The minimum atomic E-state index is -1.94. The van der Waals surface area contributed by atoms with Crippen molar-refractivity contribution in [2.24, 2.45) is 0 Å². The zero-order valence-electron chi connectivity index (χ0n) is 21.0. The van der Waals surface area contributed by atoms with Crippen LogP contribution in [0.1, 0.15) is 47.3 Å². The van der Waals surface area contributed by atoms with E-state index in [0.717, 1.165) is 18.1 Å². The van der Waals surface area contributed by atoms with E-state index < -0.39 is 43.6 Å². The van der Waals surface area contributed by atoms with Crippen molar-refractivity contribution in [1.82, 2.24) is 24.3 Å². The number of ether oxygens (including phenoxy) is 3. The van der Waals surface area contributed by atoms with Crippen LogP contribution in [-0.2, 0) is 23.8 Å². The van der Waals surface area contributed by atoms with Crippen molar-refractivity contribution < 1.29 is 23.8 Å². The summed E-state index contributed by atoms with van der Waals surface area (Å²) in [5.41, 5.74) is 1.43. The smallest absolute Gasteiger partial charge is 0.351 e. The minimum Gasteiger partial charge on any atom is -0.462 e. The number of nitrogens with zero attached hydrogens (tertiary/aromatic N) is 5. The van der Waals surface area contributed by atoms with E-state index in [0.29, 0.717) is 4.47 Å². The Labute approximate surface area is 218 Å². The Kier molecular flexibility index (Phi) is 8.86. The fourth-order valence-electron chi connectivity index (χ4n) is 4.11. The molecular weight excluding hydrogens is 550 g/mol. The van der Waals surface area contributed by atoms with Crippen LogP contribution in [0.4, 0.5) is 0 Å². The van der Waals surface area contributed by atoms with Crippen molar-refractivity contribution in [3.63, 3.8) is 0 Å². The first-order valence-corrected chi connectivity index (χ1v) is 15.2. The molecule has 0 aromatic carbocycles. The molecule has 1 aliphatic rings. The molecule has 2 aromatic rings. The maximum absolute atomic E-state index is 13.0. The molecule has 3 atom stereocenters. The summed E-state index contributed by atoms with van der Waals surface area (Å²) in [6, 6.07) is 2.83. The summed E-state index contributed by atoms with van der Waals surface area (Å²) >= 11 is 3.42. The van der Waals surface area contributed by atoms with Crippen LogP contribution in [0.5, 0.6) is 0 Å². The summed E-state index contributed by atoms with van der Waals surface area (Å²) in [5, 5.41) is 4.01. The molecule has 0 saturated carbocycles. The first-order valence-electron chi connectivity index (χ1n) is 11.7. The van der Waals surface area contributed by atoms with Gasteiger partial charge in [-0.3, -0.25) is 14.2 Å². The average Bonchev–Trinajstić information content (AvgIpc) is 3.49. The third kappa shape index (κ3) is 5.93. The Balaban J connectivity index is 2.08. The van der Waals surface area contributed by atoms with Gasteiger partial charge in [-0.1, -0.05) is 26.7 Å². The number of aromatic nitrogens is 5. The van der Waals surface area contributed by atoms with Crippen molar-refractivity contribution in [2.45, 2.75) is 77.1 Å². The molecule has 36 heavy (non-hydrogen) atoms. The van der Waals surface area contributed by atoms with E-state index in [-0.39, 0.29) is 18.8 Å². The van der Waals surface area contributed by atoms with Gasteiger partial charge in [0.2, 0.25) is 5.60 Å². The zero-order valence-corrected chi connectivity index (χ0v) is 23.6. The molecule has 0 unspecified atom stereocenters. The quantitative estimate of drug-likeness (QED) is 0.263. The highest BCUT2D eigenvalue weighted by Crippen LogP contribution is 2.39. The lowest BCUT2D eigenvalue weighted by molar-refractivity contribution is -0.164. The molecular formula is C23H30BrN5O6Si. The van der Waals surface area contributed by atoms with Crippen LogP contribution in [0.3, 0.4) is 0 Å². The number of esters is 2. The molecule has 0 radical (unpaired) electrons. The van der Waals surface area contributed by atoms with Gasteiger partial charge in [-0.05, 0) is 34.1 Å². The van der Waals surface area contributed by atoms with Crippen LogP contribution >= 0.6 is 15.9 Å². The summed E-state index contributed by atoms with van der Waals surface area (Å²) in [6.45, 7) is 8.69. The molecule has 194 valence electrons. The lowest BCUT2D eigenvalue weighted by Gasteiger charge is -2.29. The van der Waals surface area contributed by atoms with E-state index in [9.17, 15) is 14.4 Å². The maximum Gasteiger partial charge on any atom is 0.351 e. The van der Waals surface area contributed by atoms with Gasteiger partial charge >= 0.3 is 17.6 Å². The van der Waals surface area contributed by atoms with Gasteiger partial charge in [0.05, 0.1) is 4.47 Å². The number of rotatable bonds is 8. The molecule has 0 N–H and O–H groups in total. The third-order valence-corrected chi connectivity index (χ3v) is 11.8. The fraction of sp³-hybridized carbons (Fsp3) is 0.565. The van der Waals surface area contributed by atoms with Gasteiger partial charge in [-0.25, -0.2) is 14.5 Å². The number of hydrogen-bond donors (Lipinski definition) is 0. The van der Waals surface area contributed by atoms with E-state index in [2.05, 4.69) is 63.2 Å². The van der Waals surface area contributed by atoms with E-state index in [1.54, 1.807) is 0 Å². The largest absolute Gasteiger partial charge is 0.462 e. The van der Waals surface area contributed by atoms with E-state index >= 15 is 0 Å². The van der Waals surface area contributed by atoms with Crippen LogP contribution in [0.15, 0.2) is 28.1 Å². The maximum atomic E-state index is 13.0. The topological polar surface area (TPSA) is 127 Å². The van der Waals surface area contributed by atoms with E-state index in [1.807, 2.05) is 0 Å². The van der Waals surface area contributed by atoms with Gasteiger partial charge in [0, 0.05) is 26.5 Å². The van der Waals surface area contributed by atoms with Crippen molar-refractivity contribution in [3.05, 3.63) is 33.8 Å². The van der Waals surface area contributed by atoms with Crippen molar-refractivity contribution in [3.8, 4) is 17.3 Å². The molecule has 3 heterocycles. The standard InChI is InChI=1S/C23H30BrN5O6Si/c1-6-36(7-2,8-3)10-9-23(13-33-16(4)30)19(34-17(5)31)11-20(35-23)28-12-18(24)21(27-22(28)32)29-15-25-14-26-29/h12,14-15,19-20H,6-8,11,13H2,1-5H3/t19-,20+,23+/m0/s1. The normalized spacial score (nSPS) is 21.5. The molecule has 0 bridgehead atoms. The predicted molar refractivity (Wildman–Crippen MR) is 136 cm³/mol. The number of carbonyl (C=O) groups is 2. The Morgan fingerprint density at radius 2 is 1.94 bits per heavy atom. The van der Waals surface area contributed by atoms with Gasteiger partial charge in [-0.2, -0.15) is 10.1 Å². The van der Waals surface area contributed by atoms with Gasteiger partial charge in [0.1, 0.15) is 39.7 Å². The van der Waals surface area contributed by atoms with Crippen molar-refractivity contribution >= 4 is 35.9 Å². The van der Waals surface area contributed by atoms with Crippen LogP contribution < -0.4 is 5.69 Å². The first-order chi connectivity index (χ1) is 17.1. The van der Waals surface area contributed by atoms with E-state index in [4.69, 9.17) is 14.2 Å². The van der Waals surface area contributed by atoms with Crippen molar-refractivity contribution in [1.29, 1.82) is 0 Å². The summed E-state index contributed by atoms with van der Waals surface area (Å²) in [4.78, 5) is 44.7. The van der Waals surface area contributed by atoms with E-state index in [1.165, 1.54) is 41.9 Å². The molecule has 1 fully saturated rings. The van der Waals surface area contributed by atoms with Gasteiger partial charge in [-0.15, -0.1) is 5.54 Å². The lowest BCUT2D eigenvalue weighted by Crippen LogP contribution is -2.46. The summed E-state index contributed by atoms with van der Waals surface area (Å²) in [6.07, 6.45) is 2.65. The molecule has 3 rings (SSSR count). The second-order valence-electron chi connectivity index (χ2n) is 8.61. The molecule has 1 saturated heterocycles. The number of carbonyl (C=O) groups excluding carboxylic acids is 2. The first kappa shape index (κ1) is 27.8. The van der Waals surface area contributed by atoms with Gasteiger partial charge in [0.25, 0.3) is 0 Å². The molecule has 11 nitrogen and oxygen atoms in total. The highest BCUT2D eigenvalue weighted by atomic mass is 79.9. The SMILES string of the molecule is CC[Si](C#C[C@]1(COC(C)=O)O[C@@H](n2cc(Br)c(-n3cncn3)nc2=O)C[C@@H]1OC(C)=O)(CC)CC. The molecule has 13 heteroatoms. The third-order valence-electron chi connectivity index (χ3n) is 6.48. The van der Waals surface area contributed by atoms with Crippen molar-refractivity contribution in [2.75, 3.05) is 6.61 Å².